The zero-order valence-electron chi connectivity index (χ0n) is 19.7. The van der Waals surface area contributed by atoms with Crippen molar-refractivity contribution in [1.29, 1.82) is 0 Å². The van der Waals surface area contributed by atoms with E-state index in [1.54, 1.807) is 0 Å². The molecule has 34 heavy (non-hydrogen) atoms. The van der Waals surface area contributed by atoms with Gasteiger partial charge in [0.05, 0.1) is 21.4 Å². The third-order valence-corrected chi connectivity index (χ3v) is 4.37. The minimum absolute atomic E-state index is 0.0887. The Bertz CT molecular complexity index is 883. The van der Waals surface area contributed by atoms with Crippen molar-refractivity contribution in [2.75, 3.05) is 35.2 Å². The molecule has 0 aliphatic carbocycles. The number of hydrogen-bond donors (Lipinski definition) is 5. The van der Waals surface area contributed by atoms with Crippen LogP contribution in [-0.4, -0.2) is 45.2 Å². The molecule has 13 nitrogen and oxygen atoms in total. The average Bonchev–Trinajstić information content (AvgIpc) is 2.76. The molecule has 0 spiro atoms. The highest BCUT2D eigenvalue weighted by Crippen LogP contribution is 2.15. The molecule has 0 saturated carbocycles. The fraction of sp³-hybridized carbons (Fsp3) is 0.500. The third kappa shape index (κ3) is 12.9. The summed E-state index contributed by atoms with van der Waals surface area (Å²) < 4.78 is 32.7. The minimum atomic E-state index is -4.69. The molecule has 0 amide bonds. The van der Waals surface area contributed by atoms with E-state index in [1.807, 2.05) is 18.2 Å². The fourth-order valence-corrected chi connectivity index (χ4v) is 2.75. The van der Waals surface area contributed by atoms with Crippen molar-refractivity contribution in [3.8, 4) is 0 Å². The first-order valence-electron chi connectivity index (χ1n) is 10.8. The van der Waals surface area contributed by atoms with Gasteiger partial charge < -0.3 is 27.0 Å². The van der Waals surface area contributed by atoms with Crippen LogP contribution in [0, 0.1) is 10.2 Å². The van der Waals surface area contributed by atoms with Gasteiger partial charge in [-0.2, -0.15) is 28.9 Å². The zero-order valence-corrected chi connectivity index (χ0v) is 20.5. The zero-order chi connectivity index (χ0) is 25.6. The van der Waals surface area contributed by atoms with E-state index < -0.39 is 10.2 Å². The molecule has 1 aromatic heterocycles. The standard InChI is InChI=1S/C20H33N9.ClHO4/c1-4-7-11-23-18-26-19(28-20(27-18)29(5-2)6-3)25-14-16-10-8-9-15(12-16)13-24-17(21)22;2-1(3,4)5/h8-10,12H,4-7,11,13-14H2,1-3H3,(H4,21,22,24)(H2,23,25,26,27,28);(H,2,3,4,5). The monoisotopic (exact) mass is 499 g/mol. The SMILES string of the molecule is CCCCNc1nc(NCc2cccc(CN=C(N)N)c2)nc(N(CC)CC)n1.[O-][Cl+3]([O-])([O-])O. The molecule has 0 saturated heterocycles. The van der Waals surface area contributed by atoms with Crippen molar-refractivity contribution >= 4 is 23.8 Å². The van der Waals surface area contributed by atoms with Gasteiger partial charge in [-0.15, -0.1) is 0 Å². The van der Waals surface area contributed by atoms with Crippen LogP contribution in [0.15, 0.2) is 29.3 Å². The summed E-state index contributed by atoms with van der Waals surface area (Å²) in [6.07, 6.45) is 2.18. The van der Waals surface area contributed by atoms with Gasteiger partial charge in [0.1, 0.15) is 0 Å². The summed E-state index contributed by atoms with van der Waals surface area (Å²) in [6.45, 7) is 9.89. The summed E-state index contributed by atoms with van der Waals surface area (Å²) in [5, 5.41) is 6.61. The highest BCUT2D eigenvalue weighted by molar-refractivity contribution is 5.75. The quantitative estimate of drug-likeness (QED) is 0.124. The van der Waals surface area contributed by atoms with Crippen molar-refractivity contribution in [2.24, 2.45) is 16.5 Å². The molecule has 2 aromatic rings. The van der Waals surface area contributed by atoms with E-state index in [9.17, 15) is 0 Å². The number of unbranched alkanes of at least 4 members (excludes halogenated alkanes) is 1. The second kappa shape index (κ2) is 15.0. The van der Waals surface area contributed by atoms with E-state index >= 15 is 0 Å². The lowest BCUT2D eigenvalue weighted by Crippen LogP contribution is -2.58. The molecule has 0 atom stereocenters. The van der Waals surface area contributed by atoms with E-state index in [2.05, 4.69) is 62.3 Å². The van der Waals surface area contributed by atoms with Crippen LogP contribution in [0.1, 0.15) is 44.7 Å². The van der Waals surface area contributed by atoms with Crippen LogP contribution in [0.2, 0.25) is 0 Å². The van der Waals surface area contributed by atoms with Crippen molar-refractivity contribution < 1.29 is 28.9 Å². The summed E-state index contributed by atoms with van der Waals surface area (Å²) in [5.74, 6) is 1.91. The second-order valence-electron chi connectivity index (χ2n) is 7.05. The molecule has 14 heteroatoms. The van der Waals surface area contributed by atoms with Crippen molar-refractivity contribution in [3.63, 3.8) is 0 Å². The molecular weight excluding hydrogens is 466 g/mol. The Hall–Kier alpha value is -2.97. The normalized spacial score (nSPS) is 10.7. The lowest BCUT2D eigenvalue weighted by molar-refractivity contribution is -1.92. The molecule has 0 aliphatic heterocycles. The summed E-state index contributed by atoms with van der Waals surface area (Å²) in [6, 6.07) is 8.08. The molecular formula is C20H34ClN9O4. The van der Waals surface area contributed by atoms with Crippen LogP contribution < -0.4 is 41.0 Å². The Morgan fingerprint density at radius 1 is 1.03 bits per heavy atom. The maximum Gasteiger partial charge on any atom is 0.231 e. The van der Waals surface area contributed by atoms with Crippen LogP contribution in [0.4, 0.5) is 17.8 Å². The van der Waals surface area contributed by atoms with Crippen molar-refractivity contribution in [1.82, 2.24) is 15.0 Å². The van der Waals surface area contributed by atoms with Gasteiger partial charge in [-0.25, -0.2) is 4.99 Å². The Kier molecular flexibility index (Phi) is 12.8. The largest absolute Gasteiger partial charge is 0.370 e. The number of nitrogens with two attached hydrogens (primary N) is 2. The number of nitrogens with zero attached hydrogens (tertiary/aromatic N) is 5. The van der Waals surface area contributed by atoms with Gasteiger partial charge >= 0.3 is 0 Å². The number of halogens is 1. The number of anilines is 3. The van der Waals surface area contributed by atoms with Gasteiger partial charge in [0, 0.05) is 26.2 Å². The summed E-state index contributed by atoms with van der Waals surface area (Å²) in [4.78, 5) is 19.9. The van der Waals surface area contributed by atoms with Gasteiger partial charge in [-0.1, -0.05) is 37.6 Å². The Morgan fingerprint density at radius 2 is 1.62 bits per heavy atom. The van der Waals surface area contributed by atoms with E-state index in [-0.39, 0.29) is 5.96 Å². The lowest BCUT2D eigenvalue weighted by Gasteiger charge is -2.20. The minimum Gasteiger partial charge on any atom is -0.370 e. The van der Waals surface area contributed by atoms with Crippen LogP contribution in [0.3, 0.4) is 0 Å². The highest BCUT2D eigenvalue weighted by atomic mass is 35.7. The maximum atomic E-state index is 8.60. The van der Waals surface area contributed by atoms with E-state index in [1.165, 1.54) is 0 Å². The van der Waals surface area contributed by atoms with Crippen LogP contribution in [0.25, 0.3) is 0 Å². The Balaban J connectivity index is 0.00000104. The van der Waals surface area contributed by atoms with Gasteiger partial charge in [0.15, 0.2) is 5.96 Å². The highest BCUT2D eigenvalue weighted by Gasteiger charge is 2.11. The molecule has 1 heterocycles. The van der Waals surface area contributed by atoms with Crippen LogP contribution >= 0.6 is 0 Å². The molecule has 2 rings (SSSR count). The van der Waals surface area contributed by atoms with Gasteiger partial charge in [0.2, 0.25) is 17.8 Å². The first-order valence-corrected chi connectivity index (χ1v) is 12.1. The molecule has 7 N–H and O–H groups in total. The number of hydrogen-bond acceptors (Lipinski definition) is 11. The molecule has 0 fully saturated rings. The smallest absolute Gasteiger partial charge is 0.231 e. The predicted octanol–water partition coefficient (Wildman–Crippen LogP) is -1.81. The van der Waals surface area contributed by atoms with Gasteiger partial charge in [-0.3, -0.25) is 0 Å². The summed E-state index contributed by atoms with van der Waals surface area (Å²) in [5.41, 5.74) is 13.0. The Morgan fingerprint density at radius 3 is 2.18 bits per heavy atom. The third-order valence-electron chi connectivity index (χ3n) is 4.37. The van der Waals surface area contributed by atoms with Gasteiger partial charge in [0.25, 0.3) is 0 Å². The number of aromatic nitrogens is 3. The topological polar surface area (TPSA) is 220 Å². The van der Waals surface area contributed by atoms with E-state index in [4.69, 9.17) is 30.1 Å². The number of rotatable bonds is 12. The molecule has 1 aromatic carbocycles. The number of nitrogens with one attached hydrogen (secondary N) is 2. The predicted molar refractivity (Wildman–Crippen MR) is 122 cm³/mol. The number of benzene rings is 1. The van der Waals surface area contributed by atoms with Crippen molar-refractivity contribution in [2.45, 2.75) is 46.7 Å². The molecule has 0 aliphatic rings. The maximum absolute atomic E-state index is 8.60. The fourth-order valence-electron chi connectivity index (χ4n) is 2.75. The number of aliphatic imine (C=N–C) groups is 1. The first kappa shape index (κ1) is 29.1. The number of guanidine groups is 1. The molecule has 0 unspecified atom stereocenters. The summed E-state index contributed by atoms with van der Waals surface area (Å²) >= 11 is 0. The average molecular weight is 500 g/mol. The van der Waals surface area contributed by atoms with Gasteiger partial charge in [-0.05, 0) is 31.4 Å². The molecule has 190 valence electrons. The first-order chi connectivity index (χ1) is 16.0. The Labute approximate surface area is 201 Å². The van der Waals surface area contributed by atoms with E-state index in [0.29, 0.717) is 30.9 Å². The second-order valence-corrected chi connectivity index (χ2v) is 7.84. The van der Waals surface area contributed by atoms with Crippen LogP contribution in [-0.2, 0) is 13.1 Å². The molecule has 0 radical (unpaired) electrons. The summed E-state index contributed by atoms with van der Waals surface area (Å²) in [7, 11) is -4.69. The molecule has 0 bridgehead atoms. The van der Waals surface area contributed by atoms with E-state index in [0.717, 1.165) is 43.6 Å². The lowest BCUT2D eigenvalue weighted by atomic mass is 10.1. The van der Waals surface area contributed by atoms with Crippen LogP contribution in [0.5, 0.6) is 0 Å². The van der Waals surface area contributed by atoms with Crippen molar-refractivity contribution in [3.05, 3.63) is 35.4 Å².